The SMILES string of the molecule is CCOC(=O)OC1=C(c2c(C)cc(C)cc2C)C(=O)N(OCc2ccco2)C12CCN(OC)CC2. The number of furan rings is 1. The molecule has 2 aromatic rings. The van der Waals surface area contributed by atoms with Crippen molar-refractivity contribution >= 4 is 17.6 Å². The van der Waals surface area contributed by atoms with Crippen LogP contribution in [0.2, 0.25) is 0 Å². The van der Waals surface area contributed by atoms with E-state index < -0.39 is 11.7 Å². The number of hydrogen-bond acceptors (Lipinski definition) is 8. The number of hydrogen-bond donors (Lipinski definition) is 0. The topological polar surface area (TPSA) is 90.7 Å². The molecule has 0 N–H and O–H groups in total. The molecule has 0 radical (unpaired) electrons. The molecule has 0 saturated carbocycles. The van der Waals surface area contributed by atoms with Gasteiger partial charge in [-0.05, 0) is 69.4 Å². The van der Waals surface area contributed by atoms with Crippen LogP contribution in [0, 0.1) is 20.8 Å². The molecule has 1 amide bonds. The summed E-state index contributed by atoms with van der Waals surface area (Å²) in [6, 6.07) is 7.56. The number of piperidine rings is 1. The Morgan fingerprint density at radius 3 is 2.40 bits per heavy atom. The molecule has 2 aliphatic rings. The van der Waals surface area contributed by atoms with E-state index in [0.29, 0.717) is 37.3 Å². The fraction of sp³-hybridized carbons (Fsp3) is 0.462. The predicted octanol–water partition coefficient (Wildman–Crippen LogP) is 4.46. The van der Waals surface area contributed by atoms with Gasteiger partial charge >= 0.3 is 6.16 Å². The molecule has 0 atom stereocenters. The highest BCUT2D eigenvalue weighted by atomic mass is 16.7. The number of amides is 1. The lowest BCUT2D eigenvalue weighted by Crippen LogP contribution is -2.55. The maximum absolute atomic E-state index is 14.1. The zero-order valence-electron chi connectivity index (χ0n) is 20.9. The van der Waals surface area contributed by atoms with E-state index in [0.717, 1.165) is 22.3 Å². The Morgan fingerprint density at radius 2 is 1.83 bits per heavy atom. The zero-order chi connectivity index (χ0) is 25.2. The summed E-state index contributed by atoms with van der Waals surface area (Å²) < 4.78 is 16.4. The van der Waals surface area contributed by atoms with Crippen LogP contribution in [-0.4, -0.2) is 54.5 Å². The smallest absolute Gasteiger partial charge is 0.467 e. The minimum Gasteiger partial charge on any atom is -0.467 e. The second kappa shape index (κ2) is 10.2. The lowest BCUT2D eigenvalue weighted by atomic mass is 9.84. The minimum atomic E-state index is -1.01. The third-order valence-electron chi connectivity index (χ3n) is 6.54. The van der Waals surface area contributed by atoms with Crippen LogP contribution in [0.5, 0.6) is 0 Å². The largest absolute Gasteiger partial charge is 0.513 e. The summed E-state index contributed by atoms with van der Waals surface area (Å²) >= 11 is 0. The maximum atomic E-state index is 14.1. The summed E-state index contributed by atoms with van der Waals surface area (Å²) in [4.78, 5) is 38.2. The summed E-state index contributed by atoms with van der Waals surface area (Å²) in [5.41, 5.74) is 2.94. The van der Waals surface area contributed by atoms with Gasteiger partial charge < -0.3 is 18.7 Å². The Morgan fingerprint density at radius 1 is 1.14 bits per heavy atom. The fourth-order valence-electron chi connectivity index (χ4n) is 5.06. The van der Waals surface area contributed by atoms with Crippen molar-refractivity contribution in [1.29, 1.82) is 0 Å². The van der Waals surface area contributed by atoms with Crippen molar-refractivity contribution in [3.05, 3.63) is 64.3 Å². The van der Waals surface area contributed by atoms with Crippen molar-refractivity contribution in [3.63, 3.8) is 0 Å². The lowest BCUT2D eigenvalue weighted by Gasteiger charge is -2.43. The number of nitrogens with zero attached hydrogens (tertiary/aromatic N) is 2. The molecular weight excluding hydrogens is 452 g/mol. The van der Waals surface area contributed by atoms with E-state index in [1.54, 1.807) is 32.4 Å². The van der Waals surface area contributed by atoms with Crippen molar-refractivity contribution in [2.24, 2.45) is 0 Å². The lowest BCUT2D eigenvalue weighted by molar-refractivity contribution is -0.239. The second-order valence-corrected chi connectivity index (χ2v) is 8.86. The third kappa shape index (κ3) is 4.71. The first-order valence-corrected chi connectivity index (χ1v) is 11.8. The van der Waals surface area contributed by atoms with Crippen LogP contribution in [0.3, 0.4) is 0 Å². The predicted molar refractivity (Wildman–Crippen MR) is 127 cm³/mol. The first-order chi connectivity index (χ1) is 16.8. The number of aryl methyl sites for hydroxylation is 3. The molecule has 35 heavy (non-hydrogen) atoms. The van der Waals surface area contributed by atoms with Gasteiger partial charge in [-0.1, -0.05) is 17.7 Å². The Labute approximate surface area is 205 Å². The van der Waals surface area contributed by atoms with Crippen molar-refractivity contribution < 1.29 is 33.2 Å². The van der Waals surface area contributed by atoms with E-state index >= 15 is 0 Å². The first kappa shape index (κ1) is 25.0. The number of benzene rings is 1. The molecule has 1 saturated heterocycles. The standard InChI is InChI=1S/C26H32N2O7/c1-6-32-25(30)35-23-22(21-18(3)14-17(2)15-19(21)4)24(29)28(34-16-20-8-7-13-33-20)26(23)9-11-27(31-5)12-10-26/h7-8,13-15H,6,9-12,16H2,1-5H3. The van der Waals surface area contributed by atoms with E-state index in [-0.39, 0.29) is 24.9 Å². The van der Waals surface area contributed by atoms with Gasteiger partial charge in [-0.2, -0.15) is 5.06 Å². The van der Waals surface area contributed by atoms with Crippen molar-refractivity contribution in [1.82, 2.24) is 10.1 Å². The van der Waals surface area contributed by atoms with Gasteiger partial charge in [0, 0.05) is 13.1 Å². The molecule has 0 unspecified atom stereocenters. The summed E-state index contributed by atoms with van der Waals surface area (Å²) in [6.45, 7) is 8.84. The zero-order valence-corrected chi connectivity index (χ0v) is 20.9. The van der Waals surface area contributed by atoms with Gasteiger partial charge in [0.2, 0.25) is 0 Å². The van der Waals surface area contributed by atoms with Crippen molar-refractivity contribution in [2.45, 2.75) is 52.7 Å². The number of carbonyl (C=O) groups is 2. The molecule has 4 rings (SSSR count). The highest BCUT2D eigenvalue weighted by Crippen LogP contribution is 2.48. The van der Waals surface area contributed by atoms with Gasteiger partial charge in [-0.3, -0.25) is 9.63 Å². The van der Waals surface area contributed by atoms with Crippen molar-refractivity contribution in [2.75, 3.05) is 26.8 Å². The van der Waals surface area contributed by atoms with Gasteiger partial charge in [0.05, 0.1) is 25.6 Å². The molecule has 188 valence electrons. The minimum absolute atomic E-state index is 0.0559. The summed E-state index contributed by atoms with van der Waals surface area (Å²) in [6.07, 6.45) is 1.58. The molecule has 1 fully saturated rings. The summed E-state index contributed by atoms with van der Waals surface area (Å²) in [5.74, 6) is 0.467. The summed E-state index contributed by atoms with van der Waals surface area (Å²) in [7, 11) is 1.61. The third-order valence-corrected chi connectivity index (χ3v) is 6.54. The van der Waals surface area contributed by atoms with E-state index in [2.05, 4.69) is 0 Å². The Balaban J connectivity index is 1.85. The average Bonchev–Trinajstić information content (AvgIpc) is 3.40. The number of rotatable bonds is 7. The maximum Gasteiger partial charge on any atom is 0.513 e. The first-order valence-electron chi connectivity index (χ1n) is 11.8. The average molecular weight is 485 g/mol. The van der Waals surface area contributed by atoms with Crippen LogP contribution in [0.15, 0.2) is 40.7 Å². The normalized spacial score (nSPS) is 18.0. The van der Waals surface area contributed by atoms with Gasteiger partial charge in [0.25, 0.3) is 5.91 Å². The van der Waals surface area contributed by atoms with Crippen LogP contribution in [0.25, 0.3) is 5.57 Å². The van der Waals surface area contributed by atoms with Gasteiger partial charge in [0.15, 0.2) is 5.76 Å². The second-order valence-electron chi connectivity index (χ2n) is 8.86. The highest BCUT2D eigenvalue weighted by Gasteiger charge is 2.57. The van der Waals surface area contributed by atoms with Crippen LogP contribution < -0.4 is 0 Å². The quantitative estimate of drug-likeness (QED) is 0.532. The Kier molecular flexibility index (Phi) is 7.30. The number of ether oxygens (including phenoxy) is 2. The molecule has 9 heteroatoms. The monoisotopic (exact) mass is 484 g/mol. The van der Waals surface area contributed by atoms with Gasteiger partial charge in [-0.15, -0.1) is 0 Å². The molecule has 1 aromatic carbocycles. The summed E-state index contributed by atoms with van der Waals surface area (Å²) in [5, 5.41) is 3.17. The van der Waals surface area contributed by atoms with E-state index in [1.807, 2.05) is 38.0 Å². The molecular formula is C26H32N2O7. The van der Waals surface area contributed by atoms with Crippen molar-refractivity contribution in [3.8, 4) is 0 Å². The van der Waals surface area contributed by atoms with Crippen LogP contribution in [0.1, 0.15) is 47.8 Å². The van der Waals surface area contributed by atoms with Gasteiger partial charge in [-0.25, -0.2) is 9.86 Å². The van der Waals surface area contributed by atoms with Gasteiger partial charge in [0.1, 0.15) is 17.9 Å². The molecule has 3 heterocycles. The molecule has 1 spiro atoms. The Hall–Kier alpha value is -3.14. The molecule has 0 bridgehead atoms. The highest BCUT2D eigenvalue weighted by molar-refractivity contribution is 6.23. The number of hydroxylamine groups is 4. The number of carbonyl (C=O) groups excluding carboxylic acids is 2. The molecule has 2 aliphatic heterocycles. The van der Waals surface area contributed by atoms with E-state index in [1.165, 1.54) is 5.06 Å². The molecule has 0 aliphatic carbocycles. The van der Waals surface area contributed by atoms with Crippen LogP contribution >= 0.6 is 0 Å². The van der Waals surface area contributed by atoms with Crippen LogP contribution in [0.4, 0.5) is 4.79 Å². The molecule has 1 aromatic heterocycles. The Bertz CT molecular complexity index is 1090. The van der Waals surface area contributed by atoms with E-state index in [4.69, 9.17) is 23.6 Å². The molecule has 9 nitrogen and oxygen atoms in total. The van der Waals surface area contributed by atoms with Crippen LogP contribution in [-0.2, 0) is 30.6 Å². The fourth-order valence-corrected chi connectivity index (χ4v) is 5.06. The van der Waals surface area contributed by atoms with E-state index in [9.17, 15) is 9.59 Å².